The Labute approximate surface area is 148 Å². The van der Waals surface area contributed by atoms with Crippen LogP contribution in [0.4, 0.5) is 4.39 Å². The van der Waals surface area contributed by atoms with Crippen LogP contribution in [0.3, 0.4) is 0 Å². The van der Waals surface area contributed by atoms with Crippen molar-refractivity contribution in [2.24, 2.45) is 5.92 Å². The second-order valence-corrected chi connectivity index (χ2v) is 9.08. The minimum Gasteiger partial charge on any atom is -0.341 e. The second kappa shape index (κ2) is 7.03. The molecule has 25 heavy (non-hydrogen) atoms. The molecule has 0 aliphatic carbocycles. The van der Waals surface area contributed by atoms with Gasteiger partial charge in [-0.1, -0.05) is 6.92 Å². The summed E-state index contributed by atoms with van der Waals surface area (Å²) in [7, 11) is -3.80. The van der Waals surface area contributed by atoms with E-state index in [-0.39, 0.29) is 16.4 Å². The zero-order valence-electron chi connectivity index (χ0n) is 14.7. The summed E-state index contributed by atoms with van der Waals surface area (Å²) < 4.78 is 40.7. The van der Waals surface area contributed by atoms with Crippen LogP contribution in [-0.4, -0.2) is 49.2 Å². The lowest BCUT2D eigenvalue weighted by atomic mass is 9.98. The largest absolute Gasteiger partial charge is 0.341 e. The van der Waals surface area contributed by atoms with E-state index in [1.54, 1.807) is 4.90 Å². The number of amides is 1. The number of halogens is 1. The number of carbonyl (C=O) groups is 1. The van der Waals surface area contributed by atoms with E-state index in [1.165, 1.54) is 29.4 Å². The highest BCUT2D eigenvalue weighted by atomic mass is 32.2. The Morgan fingerprint density at radius 2 is 1.84 bits per heavy atom. The molecular formula is C18H25FN2O3S. The number of benzene rings is 1. The van der Waals surface area contributed by atoms with E-state index in [4.69, 9.17) is 0 Å². The summed E-state index contributed by atoms with van der Waals surface area (Å²) in [5.41, 5.74) is 0.285. The van der Waals surface area contributed by atoms with Crippen LogP contribution in [0.2, 0.25) is 0 Å². The van der Waals surface area contributed by atoms with Crippen molar-refractivity contribution >= 4 is 15.9 Å². The summed E-state index contributed by atoms with van der Waals surface area (Å²) in [5, 5.41) is 0. The van der Waals surface area contributed by atoms with E-state index < -0.39 is 21.9 Å². The summed E-state index contributed by atoms with van der Waals surface area (Å²) >= 11 is 0. The van der Waals surface area contributed by atoms with Crippen LogP contribution in [0.25, 0.3) is 0 Å². The zero-order valence-corrected chi connectivity index (χ0v) is 15.6. The monoisotopic (exact) mass is 368 g/mol. The molecule has 5 nitrogen and oxygen atoms in total. The quantitative estimate of drug-likeness (QED) is 0.824. The van der Waals surface area contributed by atoms with Gasteiger partial charge in [-0.05, 0) is 62.3 Å². The fourth-order valence-corrected chi connectivity index (χ4v) is 5.36. The minimum absolute atomic E-state index is 0.0540. The van der Waals surface area contributed by atoms with Gasteiger partial charge in [-0.15, -0.1) is 0 Å². The van der Waals surface area contributed by atoms with Crippen LogP contribution in [0, 0.1) is 18.7 Å². The smallest absolute Gasteiger partial charge is 0.243 e. The third-order valence-electron chi connectivity index (χ3n) is 5.32. The summed E-state index contributed by atoms with van der Waals surface area (Å²) in [6.45, 7) is 5.43. The van der Waals surface area contributed by atoms with Gasteiger partial charge < -0.3 is 4.90 Å². The number of rotatable bonds is 3. The molecule has 1 aromatic carbocycles. The Kier molecular flexibility index (Phi) is 5.16. The van der Waals surface area contributed by atoms with Crippen molar-refractivity contribution < 1.29 is 17.6 Å². The molecule has 0 radical (unpaired) electrons. The Balaban J connectivity index is 1.82. The van der Waals surface area contributed by atoms with Gasteiger partial charge in [0.05, 0.1) is 4.90 Å². The predicted molar refractivity (Wildman–Crippen MR) is 93.0 cm³/mol. The second-order valence-electron chi connectivity index (χ2n) is 7.19. The minimum atomic E-state index is -3.80. The van der Waals surface area contributed by atoms with Gasteiger partial charge in [-0.2, -0.15) is 4.31 Å². The van der Waals surface area contributed by atoms with Gasteiger partial charge in [0.2, 0.25) is 15.9 Å². The van der Waals surface area contributed by atoms with Crippen molar-refractivity contribution in [3.63, 3.8) is 0 Å². The molecule has 2 heterocycles. The first kappa shape index (κ1) is 18.3. The fraction of sp³-hybridized carbons (Fsp3) is 0.611. The molecule has 2 fully saturated rings. The summed E-state index contributed by atoms with van der Waals surface area (Å²) in [4.78, 5) is 14.7. The van der Waals surface area contributed by atoms with E-state index in [9.17, 15) is 17.6 Å². The number of likely N-dealkylation sites (tertiary alicyclic amines) is 1. The number of nitrogens with zero attached hydrogens (tertiary/aromatic N) is 2. The third kappa shape index (κ3) is 3.58. The average Bonchev–Trinajstić information content (AvgIpc) is 3.08. The highest BCUT2D eigenvalue weighted by Crippen LogP contribution is 2.29. The first-order chi connectivity index (χ1) is 11.8. The Bertz CT molecular complexity index is 758. The number of sulfonamides is 1. The number of aryl methyl sites for hydroxylation is 1. The molecule has 0 unspecified atom stereocenters. The van der Waals surface area contributed by atoms with Crippen molar-refractivity contribution in [3.8, 4) is 0 Å². The number of piperidine rings is 1. The molecule has 1 amide bonds. The lowest BCUT2D eigenvalue weighted by Gasteiger charge is -2.34. The fourth-order valence-electron chi connectivity index (χ4n) is 3.63. The highest BCUT2D eigenvalue weighted by Gasteiger charge is 2.41. The molecule has 3 rings (SSSR count). The van der Waals surface area contributed by atoms with Gasteiger partial charge >= 0.3 is 0 Å². The first-order valence-electron chi connectivity index (χ1n) is 8.87. The summed E-state index contributed by atoms with van der Waals surface area (Å²) in [5.74, 6) is 0.0805. The standard InChI is InChI=1S/C18H25FN2O3S/c1-13-7-10-20(11-8-13)18(22)17-4-3-9-21(17)25(23,24)15-5-6-16(19)14(2)12-15/h5-6,12-13,17H,3-4,7-11H2,1-2H3/t17-/m0/s1. The van der Waals surface area contributed by atoms with Crippen LogP contribution in [-0.2, 0) is 14.8 Å². The van der Waals surface area contributed by atoms with Crippen molar-refractivity contribution in [2.45, 2.75) is 50.5 Å². The van der Waals surface area contributed by atoms with Crippen LogP contribution in [0.1, 0.15) is 38.2 Å². The molecule has 2 aliphatic rings. The Morgan fingerprint density at radius 3 is 2.48 bits per heavy atom. The van der Waals surface area contributed by atoms with Crippen LogP contribution >= 0.6 is 0 Å². The molecule has 1 atom stereocenters. The first-order valence-corrected chi connectivity index (χ1v) is 10.3. The third-order valence-corrected chi connectivity index (χ3v) is 7.22. The van der Waals surface area contributed by atoms with Crippen LogP contribution in [0.5, 0.6) is 0 Å². The molecule has 1 aromatic rings. The summed E-state index contributed by atoms with van der Waals surface area (Å²) in [6.07, 6.45) is 3.13. The maximum Gasteiger partial charge on any atom is 0.243 e. The van der Waals surface area contributed by atoms with E-state index >= 15 is 0 Å². The van der Waals surface area contributed by atoms with Crippen molar-refractivity contribution in [1.82, 2.24) is 9.21 Å². The van der Waals surface area contributed by atoms with E-state index in [1.807, 2.05) is 0 Å². The molecule has 0 bridgehead atoms. The predicted octanol–water partition coefficient (Wildman–Crippen LogP) is 2.55. The molecule has 0 spiro atoms. The molecule has 2 aliphatic heterocycles. The Hall–Kier alpha value is -1.47. The van der Waals surface area contributed by atoms with Gasteiger partial charge in [0.1, 0.15) is 11.9 Å². The molecule has 0 aromatic heterocycles. The van der Waals surface area contributed by atoms with Crippen LogP contribution < -0.4 is 0 Å². The van der Waals surface area contributed by atoms with Crippen molar-refractivity contribution in [3.05, 3.63) is 29.6 Å². The maximum absolute atomic E-state index is 13.5. The van der Waals surface area contributed by atoms with Crippen molar-refractivity contribution in [1.29, 1.82) is 0 Å². The molecule has 0 N–H and O–H groups in total. The number of carbonyl (C=O) groups excluding carboxylic acids is 1. The molecular weight excluding hydrogens is 343 g/mol. The van der Waals surface area contributed by atoms with Gasteiger partial charge in [0, 0.05) is 19.6 Å². The normalized spacial score (nSPS) is 23.2. The van der Waals surface area contributed by atoms with Crippen molar-refractivity contribution in [2.75, 3.05) is 19.6 Å². The van der Waals surface area contributed by atoms with Gasteiger partial charge in [0.25, 0.3) is 0 Å². The molecule has 0 saturated carbocycles. The molecule has 138 valence electrons. The van der Waals surface area contributed by atoms with Crippen LogP contribution in [0.15, 0.2) is 23.1 Å². The van der Waals surface area contributed by atoms with E-state index in [0.29, 0.717) is 38.4 Å². The average molecular weight is 368 g/mol. The number of hydrogen-bond acceptors (Lipinski definition) is 3. The van der Waals surface area contributed by atoms with Gasteiger partial charge in [-0.3, -0.25) is 4.79 Å². The SMILES string of the molecule is Cc1cc(S(=O)(=O)N2CCC[C@H]2C(=O)N2CCC(C)CC2)ccc1F. The maximum atomic E-state index is 13.5. The molecule has 2 saturated heterocycles. The lowest BCUT2D eigenvalue weighted by Crippen LogP contribution is -2.49. The van der Waals surface area contributed by atoms with E-state index in [0.717, 1.165) is 12.8 Å². The highest BCUT2D eigenvalue weighted by molar-refractivity contribution is 7.89. The topological polar surface area (TPSA) is 57.7 Å². The van der Waals surface area contributed by atoms with E-state index in [2.05, 4.69) is 6.92 Å². The Morgan fingerprint density at radius 1 is 1.16 bits per heavy atom. The van der Waals surface area contributed by atoms with Gasteiger partial charge in [-0.25, -0.2) is 12.8 Å². The van der Waals surface area contributed by atoms with Gasteiger partial charge in [0.15, 0.2) is 0 Å². The summed E-state index contributed by atoms with van der Waals surface area (Å²) in [6, 6.07) is 3.15. The lowest BCUT2D eigenvalue weighted by molar-refractivity contribution is -0.135. The zero-order chi connectivity index (χ0) is 18.2. The molecule has 7 heteroatoms. The number of hydrogen-bond donors (Lipinski definition) is 0.